The Hall–Kier alpha value is -1.29. The van der Waals surface area contributed by atoms with Crippen LogP contribution in [0.25, 0.3) is 0 Å². The van der Waals surface area contributed by atoms with Crippen LogP contribution in [0.15, 0.2) is 18.2 Å². The predicted octanol–water partition coefficient (Wildman–Crippen LogP) is 2.50. The van der Waals surface area contributed by atoms with Crippen molar-refractivity contribution < 1.29 is 18.3 Å². The van der Waals surface area contributed by atoms with Gasteiger partial charge in [-0.3, -0.25) is 4.79 Å². The van der Waals surface area contributed by atoms with Crippen LogP contribution in [0.4, 0.5) is 8.78 Å². The van der Waals surface area contributed by atoms with Crippen molar-refractivity contribution in [2.45, 2.75) is 19.8 Å². The third-order valence-corrected chi connectivity index (χ3v) is 2.16. The monoisotopic (exact) mass is 228 g/mol. The first-order valence-corrected chi connectivity index (χ1v) is 5.17. The molecule has 0 aliphatic rings. The van der Waals surface area contributed by atoms with Crippen molar-refractivity contribution in [1.29, 1.82) is 0 Å². The van der Waals surface area contributed by atoms with Crippen LogP contribution < -0.4 is 0 Å². The minimum absolute atomic E-state index is 0.163. The number of carbonyl (C=O) groups is 1. The molecule has 0 aliphatic heterocycles. The first-order chi connectivity index (χ1) is 7.65. The van der Waals surface area contributed by atoms with E-state index in [1.54, 1.807) is 0 Å². The summed E-state index contributed by atoms with van der Waals surface area (Å²) in [7, 11) is 0. The number of halogens is 2. The molecule has 0 atom stereocenters. The molecule has 4 heteroatoms. The SMILES string of the molecule is CCOCCC(=O)Cc1c(F)cccc1F. The van der Waals surface area contributed by atoms with Gasteiger partial charge in [-0.15, -0.1) is 0 Å². The maximum atomic E-state index is 13.2. The van der Waals surface area contributed by atoms with Gasteiger partial charge in [0.05, 0.1) is 6.61 Å². The lowest BCUT2D eigenvalue weighted by atomic mass is 10.1. The highest BCUT2D eigenvalue weighted by atomic mass is 19.1. The summed E-state index contributed by atoms with van der Waals surface area (Å²) in [6.45, 7) is 2.65. The van der Waals surface area contributed by atoms with Crippen LogP contribution in [-0.2, 0) is 16.0 Å². The fourth-order valence-electron chi connectivity index (χ4n) is 1.32. The fourth-order valence-corrected chi connectivity index (χ4v) is 1.32. The standard InChI is InChI=1S/C12H14F2O2/c1-2-16-7-6-9(15)8-10-11(13)4-3-5-12(10)14/h3-5H,2,6-8H2,1H3. The van der Waals surface area contributed by atoms with Gasteiger partial charge in [-0.25, -0.2) is 8.78 Å². The fraction of sp³-hybridized carbons (Fsp3) is 0.417. The molecular weight excluding hydrogens is 214 g/mol. The van der Waals surface area contributed by atoms with Crippen molar-refractivity contribution in [3.63, 3.8) is 0 Å². The lowest BCUT2D eigenvalue weighted by Gasteiger charge is -2.04. The molecule has 1 aromatic carbocycles. The van der Waals surface area contributed by atoms with Gasteiger partial charge < -0.3 is 4.74 Å². The molecule has 0 bridgehead atoms. The summed E-state index contributed by atoms with van der Waals surface area (Å²) in [4.78, 5) is 11.4. The first kappa shape index (κ1) is 12.8. The molecule has 0 aliphatic carbocycles. The van der Waals surface area contributed by atoms with Gasteiger partial charge in [-0.2, -0.15) is 0 Å². The molecule has 1 aromatic rings. The van der Waals surface area contributed by atoms with Gasteiger partial charge in [0, 0.05) is 25.0 Å². The average Bonchev–Trinajstić information content (AvgIpc) is 2.24. The second-order valence-electron chi connectivity index (χ2n) is 3.36. The van der Waals surface area contributed by atoms with Crippen molar-refractivity contribution in [2.75, 3.05) is 13.2 Å². The normalized spacial score (nSPS) is 10.4. The molecule has 0 aromatic heterocycles. The third kappa shape index (κ3) is 3.70. The van der Waals surface area contributed by atoms with Crippen LogP contribution >= 0.6 is 0 Å². The van der Waals surface area contributed by atoms with E-state index in [0.717, 1.165) is 12.1 Å². The van der Waals surface area contributed by atoms with Crippen LogP contribution in [0.5, 0.6) is 0 Å². The number of ketones is 1. The summed E-state index contributed by atoms with van der Waals surface area (Å²) in [5.74, 6) is -1.58. The second kappa shape index (κ2) is 6.33. The molecule has 0 saturated carbocycles. The van der Waals surface area contributed by atoms with E-state index in [4.69, 9.17) is 4.74 Å². The lowest BCUT2D eigenvalue weighted by molar-refractivity contribution is -0.119. The number of rotatable bonds is 6. The lowest BCUT2D eigenvalue weighted by Crippen LogP contribution is -2.09. The highest BCUT2D eigenvalue weighted by Crippen LogP contribution is 2.13. The van der Waals surface area contributed by atoms with E-state index < -0.39 is 11.6 Å². The van der Waals surface area contributed by atoms with Gasteiger partial charge >= 0.3 is 0 Å². The topological polar surface area (TPSA) is 26.3 Å². The van der Waals surface area contributed by atoms with E-state index in [2.05, 4.69) is 0 Å². The van der Waals surface area contributed by atoms with Gasteiger partial charge in [0.2, 0.25) is 0 Å². The molecule has 2 nitrogen and oxygen atoms in total. The molecule has 0 unspecified atom stereocenters. The first-order valence-electron chi connectivity index (χ1n) is 5.17. The van der Waals surface area contributed by atoms with Crippen molar-refractivity contribution in [1.82, 2.24) is 0 Å². The minimum Gasteiger partial charge on any atom is -0.381 e. The quantitative estimate of drug-likeness (QED) is 0.699. The average molecular weight is 228 g/mol. The molecule has 0 radical (unpaired) electrons. The van der Waals surface area contributed by atoms with Gasteiger partial charge in [-0.1, -0.05) is 6.07 Å². The summed E-state index contributed by atoms with van der Waals surface area (Å²) in [6.07, 6.45) is -0.0345. The van der Waals surface area contributed by atoms with E-state index in [0.29, 0.717) is 13.2 Å². The Morgan fingerprint density at radius 2 is 1.94 bits per heavy atom. The Kier molecular flexibility index (Phi) is 5.05. The van der Waals surface area contributed by atoms with Gasteiger partial charge in [0.25, 0.3) is 0 Å². The highest BCUT2D eigenvalue weighted by molar-refractivity contribution is 5.81. The zero-order valence-corrected chi connectivity index (χ0v) is 9.13. The number of benzene rings is 1. The van der Waals surface area contributed by atoms with Gasteiger partial charge in [0.15, 0.2) is 0 Å². The van der Waals surface area contributed by atoms with Crippen LogP contribution in [0.2, 0.25) is 0 Å². The van der Waals surface area contributed by atoms with E-state index in [-0.39, 0.29) is 24.2 Å². The Balaban J connectivity index is 2.56. The smallest absolute Gasteiger partial charge is 0.139 e. The van der Waals surface area contributed by atoms with Gasteiger partial charge in [0.1, 0.15) is 17.4 Å². The summed E-state index contributed by atoms with van der Waals surface area (Å²) in [5, 5.41) is 0. The van der Waals surface area contributed by atoms with E-state index in [1.807, 2.05) is 6.92 Å². The second-order valence-corrected chi connectivity index (χ2v) is 3.36. The molecule has 1 rings (SSSR count). The van der Waals surface area contributed by atoms with Crippen LogP contribution in [-0.4, -0.2) is 19.0 Å². The molecule has 0 spiro atoms. The largest absolute Gasteiger partial charge is 0.381 e. The Bertz CT molecular complexity index is 344. The summed E-state index contributed by atoms with van der Waals surface area (Å²) < 4.78 is 31.3. The summed E-state index contributed by atoms with van der Waals surface area (Å²) >= 11 is 0. The Labute approximate surface area is 93.2 Å². The zero-order chi connectivity index (χ0) is 12.0. The maximum absolute atomic E-state index is 13.2. The molecule has 0 heterocycles. The molecule has 0 N–H and O–H groups in total. The summed E-state index contributed by atoms with van der Waals surface area (Å²) in [5.41, 5.74) is -0.163. The minimum atomic E-state index is -0.676. The van der Waals surface area contributed by atoms with Crippen molar-refractivity contribution in [2.24, 2.45) is 0 Å². The number of hydrogen-bond donors (Lipinski definition) is 0. The predicted molar refractivity (Wildman–Crippen MR) is 56.2 cm³/mol. The molecular formula is C12H14F2O2. The van der Waals surface area contributed by atoms with Crippen LogP contribution in [0.1, 0.15) is 18.9 Å². The maximum Gasteiger partial charge on any atom is 0.139 e. The molecule has 16 heavy (non-hydrogen) atoms. The summed E-state index contributed by atoms with van der Waals surface area (Å²) in [6, 6.07) is 3.57. The van der Waals surface area contributed by atoms with Gasteiger partial charge in [-0.05, 0) is 19.1 Å². The molecule has 0 fully saturated rings. The van der Waals surface area contributed by atoms with Crippen molar-refractivity contribution in [3.05, 3.63) is 35.4 Å². The van der Waals surface area contributed by atoms with Crippen molar-refractivity contribution >= 4 is 5.78 Å². The Morgan fingerprint density at radius 1 is 1.31 bits per heavy atom. The number of hydrogen-bond acceptors (Lipinski definition) is 2. The number of ether oxygens (including phenoxy) is 1. The third-order valence-electron chi connectivity index (χ3n) is 2.16. The van der Waals surface area contributed by atoms with Crippen LogP contribution in [0, 0.1) is 11.6 Å². The molecule has 0 amide bonds. The number of Topliss-reactive ketones (excluding diaryl/α,β-unsaturated/α-hetero) is 1. The van der Waals surface area contributed by atoms with E-state index >= 15 is 0 Å². The molecule has 88 valence electrons. The van der Waals surface area contributed by atoms with E-state index in [9.17, 15) is 13.6 Å². The highest BCUT2D eigenvalue weighted by Gasteiger charge is 2.12. The number of carbonyl (C=O) groups excluding carboxylic acids is 1. The van der Waals surface area contributed by atoms with Crippen molar-refractivity contribution in [3.8, 4) is 0 Å². The molecule has 0 saturated heterocycles. The van der Waals surface area contributed by atoms with E-state index in [1.165, 1.54) is 6.07 Å². The zero-order valence-electron chi connectivity index (χ0n) is 9.13. The van der Waals surface area contributed by atoms with Crippen LogP contribution in [0.3, 0.4) is 0 Å². The Morgan fingerprint density at radius 3 is 2.50 bits per heavy atom.